The molecule has 136 valence electrons. The molecule has 0 aliphatic carbocycles. The summed E-state index contributed by atoms with van der Waals surface area (Å²) in [4.78, 5) is 15.5. The van der Waals surface area contributed by atoms with Crippen molar-refractivity contribution in [3.05, 3.63) is 97.7 Å². The number of anilines is 3. The van der Waals surface area contributed by atoms with E-state index in [1.54, 1.807) is 12.5 Å². The van der Waals surface area contributed by atoms with E-state index in [0.717, 1.165) is 28.3 Å². The molecule has 4 heteroatoms. The van der Waals surface area contributed by atoms with E-state index >= 15 is 0 Å². The first kappa shape index (κ1) is 16.0. The maximum atomic E-state index is 4.68. The molecule has 6 rings (SSSR count). The van der Waals surface area contributed by atoms with Gasteiger partial charge < -0.3 is 4.90 Å². The van der Waals surface area contributed by atoms with Crippen molar-refractivity contribution in [3.8, 4) is 22.4 Å². The Morgan fingerprint density at radius 3 is 2.48 bits per heavy atom. The predicted molar refractivity (Wildman–Crippen MR) is 116 cm³/mol. The quantitative estimate of drug-likeness (QED) is 0.366. The van der Waals surface area contributed by atoms with Crippen LogP contribution in [0.3, 0.4) is 0 Å². The molecule has 0 N–H and O–H groups in total. The van der Waals surface area contributed by atoms with Gasteiger partial charge in [-0.05, 0) is 46.8 Å². The molecular weight excluding hydrogens is 356 g/mol. The molecule has 3 aromatic carbocycles. The summed E-state index contributed by atoms with van der Waals surface area (Å²) in [5, 5.41) is 2.39. The minimum Gasteiger partial charge on any atom is -0.305 e. The van der Waals surface area contributed by atoms with E-state index in [2.05, 4.69) is 80.5 Å². The molecule has 0 radical (unpaired) electrons. The van der Waals surface area contributed by atoms with Crippen LogP contribution in [-0.4, -0.2) is 15.0 Å². The van der Waals surface area contributed by atoms with Crippen LogP contribution in [0.5, 0.6) is 0 Å². The molecule has 29 heavy (non-hydrogen) atoms. The number of rotatable bonds is 2. The molecule has 0 spiro atoms. The number of benzene rings is 3. The number of hydrogen-bond acceptors (Lipinski definition) is 4. The Hall–Kier alpha value is -4.05. The van der Waals surface area contributed by atoms with Gasteiger partial charge in [-0.15, -0.1) is 0 Å². The zero-order valence-corrected chi connectivity index (χ0v) is 15.5. The molecule has 0 saturated heterocycles. The highest BCUT2D eigenvalue weighted by Crippen LogP contribution is 2.50. The Bertz CT molecular complexity index is 1350. The molecule has 1 aliphatic heterocycles. The number of nitrogens with zero attached hydrogens (tertiary/aromatic N) is 4. The molecule has 5 aromatic rings. The fourth-order valence-corrected chi connectivity index (χ4v) is 4.17. The molecular formula is C25H16N4. The molecule has 0 saturated carbocycles. The number of pyridine rings is 1. The van der Waals surface area contributed by atoms with E-state index in [0.29, 0.717) is 0 Å². The molecule has 0 atom stereocenters. The standard InChI is InChI=1S/C25H16N4/c1-2-6-17(7-3-1)19-12-18-8-4-10-22-24(18)21(13-19)25-23(15-27-16-28-25)29(22)20-9-5-11-26-14-20/h1-16H. The van der Waals surface area contributed by atoms with Gasteiger partial charge in [0.15, 0.2) is 0 Å². The van der Waals surface area contributed by atoms with Crippen LogP contribution in [0.1, 0.15) is 0 Å². The molecule has 4 nitrogen and oxygen atoms in total. The average molecular weight is 372 g/mol. The largest absolute Gasteiger partial charge is 0.305 e. The van der Waals surface area contributed by atoms with Gasteiger partial charge in [-0.25, -0.2) is 9.97 Å². The van der Waals surface area contributed by atoms with Crippen molar-refractivity contribution in [1.82, 2.24) is 15.0 Å². The van der Waals surface area contributed by atoms with Crippen molar-refractivity contribution in [2.45, 2.75) is 0 Å². The van der Waals surface area contributed by atoms with E-state index in [-0.39, 0.29) is 0 Å². The molecule has 3 heterocycles. The fraction of sp³-hybridized carbons (Fsp3) is 0. The number of aromatic nitrogens is 3. The zero-order valence-electron chi connectivity index (χ0n) is 15.5. The molecule has 0 fully saturated rings. The Balaban J connectivity index is 1.71. The summed E-state index contributed by atoms with van der Waals surface area (Å²) >= 11 is 0. The van der Waals surface area contributed by atoms with Gasteiger partial charge in [-0.3, -0.25) is 4.98 Å². The minimum atomic E-state index is 0.935. The highest BCUT2D eigenvalue weighted by Gasteiger charge is 2.27. The van der Waals surface area contributed by atoms with Gasteiger partial charge in [-0.2, -0.15) is 0 Å². The number of fused-ring (bicyclic) bond motifs is 2. The molecule has 0 bridgehead atoms. The second-order valence-electron chi connectivity index (χ2n) is 7.07. The SMILES string of the molecule is c1ccc(-c2cc3c4c(cccc4c2)N(c2cccnc2)c2cncnc2-3)cc1. The third-order valence-corrected chi connectivity index (χ3v) is 5.40. The molecule has 0 unspecified atom stereocenters. The van der Waals surface area contributed by atoms with Gasteiger partial charge in [0, 0.05) is 17.1 Å². The minimum absolute atomic E-state index is 0.935. The Labute approximate surface area is 168 Å². The van der Waals surface area contributed by atoms with Crippen LogP contribution < -0.4 is 4.90 Å². The number of hydrogen-bond donors (Lipinski definition) is 0. The lowest BCUT2D eigenvalue weighted by Crippen LogP contribution is -2.16. The third kappa shape index (κ3) is 2.43. The van der Waals surface area contributed by atoms with Crippen molar-refractivity contribution in [1.29, 1.82) is 0 Å². The van der Waals surface area contributed by atoms with Crippen molar-refractivity contribution in [2.75, 3.05) is 4.90 Å². The van der Waals surface area contributed by atoms with Gasteiger partial charge in [0.1, 0.15) is 6.33 Å². The summed E-state index contributed by atoms with van der Waals surface area (Å²) < 4.78 is 0. The normalized spacial score (nSPS) is 12.1. The van der Waals surface area contributed by atoms with E-state index in [1.165, 1.54) is 21.9 Å². The van der Waals surface area contributed by atoms with Crippen molar-refractivity contribution < 1.29 is 0 Å². The summed E-state index contributed by atoms with van der Waals surface area (Å²) in [5.74, 6) is 0. The van der Waals surface area contributed by atoms with Gasteiger partial charge in [0.25, 0.3) is 0 Å². The first-order valence-electron chi connectivity index (χ1n) is 9.53. The maximum Gasteiger partial charge on any atom is 0.116 e. The molecule has 0 amide bonds. The van der Waals surface area contributed by atoms with E-state index in [1.807, 2.05) is 24.5 Å². The average Bonchev–Trinajstić information content (AvgIpc) is 2.80. The summed E-state index contributed by atoms with van der Waals surface area (Å²) in [7, 11) is 0. The Morgan fingerprint density at radius 2 is 1.62 bits per heavy atom. The first-order valence-corrected chi connectivity index (χ1v) is 9.53. The van der Waals surface area contributed by atoms with Crippen molar-refractivity contribution in [2.24, 2.45) is 0 Å². The molecule has 1 aliphatic rings. The van der Waals surface area contributed by atoms with Crippen LogP contribution in [-0.2, 0) is 0 Å². The Kier molecular flexibility index (Phi) is 3.43. The van der Waals surface area contributed by atoms with Crippen LogP contribution >= 0.6 is 0 Å². The van der Waals surface area contributed by atoms with Crippen LogP contribution in [0.2, 0.25) is 0 Å². The van der Waals surface area contributed by atoms with Gasteiger partial charge in [0.2, 0.25) is 0 Å². The monoisotopic (exact) mass is 372 g/mol. The lowest BCUT2D eigenvalue weighted by atomic mass is 9.90. The Morgan fingerprint density at radius 1 is 0.690 bits per heavy atom. The lowest BCUT2D eigenvalue weighted by molar-refractivity contribution is 1.13. The van der Waals surface area contributed by atoms with Crippen molar-refractivity contribution >= 4 is 27.8 Å². The van der Waals surface area contributed by atoms with E-state index in [9.17, 15) is 0 Å². The summed E-state index contributed by atoms with van der Waals surface area (Å²) in [6.45, 7) is 0. The second kappa shape index (κ2) is 6.24. The van der Waals surface area contributed by atoms with Gasteiger partial charge in [0.05, 0.1) is 35.1 Å². The smallest absolute Gasteiger partial charge is 0.116 e. The molecule has 2 aromatic heterocycles. The van der Waals surface area contributed by atoms with Crippen LogP contribution in [0.15, 0.2) is 97.7 Å². The van der Waals surface area contributed by atoms with E-state index < -0.39 is 0 Å². The second-order valence-corrected chi connectivity index (χ2v) is 7.07. The van der Waals surface area contributed by atoms with Gasteiger partial charge >= 0.3 is 0 Å². The van der Waals surface area contributed by atoms with Crippen molar-refractivity contribution in [3.63, 3.8) is 0 Å². The summed E-state index contributed by atoms with van der Waals surface area (Å²) in [6, 6.07) is 25.4. The third-order valence-electron chi connectivity index (χ3n) is 5.40. The van der Waals surface area contributed by atoms with E-state index in [4.69, 9.17) is 0 Å². The highest BCUT2D eigenvalue weighted by molar-refractivity contribution is 6.14. The predicted octanol–water partition coefficient (Wildman–Crippen LogP) is 6.14. The fourth-order valence-electron chi connectivity index (χ4n) is 4.17. The zero-order chi connectivity index (χ0) is 19.2. The van der Waals surface area contributed by atoms with Gasteiger partial charge in [-0.1, -0.05) is 42.5 Å². The van der Waals surface area contributed by atoms with Crippen LogP contribution in [0.4, 0.5) is 17.1 Å². The maximum absolute atomic E-state index is 4.68. The summed E-state index contributed by atoms with van der Waals surface area (Å²) in [6.07, 6.45) is 7.16. The van der Waals surface area contributed by atoms with Crippen LogP contribution in [0, 0.1) is 0 Å². The summed E-state index contributed by atoms with van der Waals surface area (Å²) in [5.41, 5.74) is 7.53. The lowest BCUT2D eigenvalue weighted by Gasteiger charge is -2.32. The highest BCUT2D eigenvalue weighted by atomic mass is 15.2. The first-order chi connectivity index (χ1) is 14.4. The van der Waals surface area contributed by atoms with Crippen LogP contribution in [0.25, 0.3) is 33.2 Å². The topological polar surface area (TPSA) is 41.9 Å².